The number of aryl methyl sites for hydroxylation is 1. The minimum absolute atomic E-state index is 0.0359. The maximum absolute atomic E-state index is 11.7. The number of carbonyl (C=O) groups excluding carboxylic acids is 1. The molecular formula is C14H18O2. The van der Waals surface area contributed by atoms with Crippen molar-refractivity contribution in [2.24, 2.45) is 11.3 Å². The predicted octanol–water partition coefficient (Wildman–Crippen LogP) is 3.08. The van der Waals surface area contributed by atoms with E-state index in [0.717, 1.165) is 24.2 Å². The summed E-state index contributed by atoms with van der Waals surface area (Å²) in [5.41, 5.74) is 2.22. The minimum Gasteiger partial charge on any atom is -0.469 e. The monoisotopic (exact) mass is 218 g/mol. The van der Waals surface area contributed by atoms with Gasteiger partial charge in [0.25, 0.3) is 0 Å². The zero-order valence-electron chi connectivity index (χ0n) is 10.2. The third kappa shape index (κ3) is 1.53. The van der Waals surface area contributed by atoms with Crippen molar-refractivity contribution in [1.82, 2.24) is 0 Å². The largest absolute Gasteiger partial charge is 0.469 e. The molecule has 0 saturated heterocycles. The van der Waals surface area contributed by atoms with Gasteiger partial charge in [-0.1, -0.05) is 13.0 Å². The molecule has 0 spiro atoms. The summed E-state index contributed by atoms with van der Waals surface area (Å²) in [4.78, 5) is 11.7. The Bertz CT molecular complexity index is 442. The number of hydrogen-bond donors (Lipinski definition) is 0. The van der Waals surface area contributed by atoms with E-state index >= 15 is 0 Å². The van der Waals surface area contributed by atoms with Crippen molar-refractivity contribution in [2.45, 2.75) is 33.6 Å². The molecule has 0 N–H and O–H groups in total. The standard InChI is InChI=1S/C14H18O2/c1-5-14(4)7-13-11(9(2)8-16-13)6-12(14)10(3)15/h5,8,12H,1,6-7H2,2-4H3/t12-,14+/m0/s1. The maximum atomic E-state index is 11.7. The molecular weight excluding hydrogens is 200 g/mol. The van der Waals surface area contributed by atoms with Crippen LogP contribution in [-0.2, 0) is 17.6 Å². The highest BCUT2D eigenvalue weighted by molar-refractivity contribution is 5.80. The number of Topliss-reactive ketones (excluding diaryl/α,β-unsaturated/α-hetero) is 1. The second-order valence-electron chi connectivity index (χ2n) is 5.07. The molecule has 1 heterocycles. The van der Waals surface area contributed by atoms with Crippen molar-refractivity contribution < 1.29 is 9.21 Å². The van der Waals surface area contributed by atoms with Crippen LogP contribution in [0, 0.1) is 18.3 Å². The summed E-state index contributed by atoms with van der Waals surface area (Å²) in [6.07, 6.45) is 5.26. The van der Waals surface area contributed by atoms with Gasteiger partial charge in [-0.3, -0.25) is 4.79 Å². The molecule has 1 aromatic rings. The van der Waals surface area contributed by atoms with E-state index in [9.17, 15) is 4.79 Å². The summed E-state index contributed by atoms with van der Waals surface area (Å²) in [5, 5.41) is 0. The van der Waals surface area contributed by atoms with Gasteiger partial charge in [-0.05, 0) is 31.4 Å². The number of ketones is 1. The normalized spacial score (nSPS) is 28.6. The lowest BCUT2D eigenvalue weighted by Gasteiger charge is -2.37. The van der Waals surface area contributed by atoms with E-state index in [1.807, 2.05) is 13.0 Å². The molecule has 1 aliphatic carbocycles. The lowest BCUT2D eigenvalue weighted by atomic mass is 9.65. The fourth-order valence-corrected chi connectivity index (χ4v) is 2.67. The summed E-state index contributed by atoms with van der Waals surface area (Å²) in [6, 6.07) is 0. The van der Waals surface area contributed by atoms with Crippen LogP contribution in [0.4, 0.5) is 0 Å². The zero-order valence-corrected chi connectivity index (χ0v) is 10.2. The van der Waals surface area contributed by atoms with Crippen LogP contribution in [-0.4, -0.2) is 5.78 Å². The van der Waals surface area contributed by atoms with E-state index < -0.39 is 0 Å². The average Bonchev–Trinajstić information content (AvgIpc) is 2.58. The molecule has 2 heteroatoms. The van der Waals surface area contributed by atoms with Crippen LogP contribution < -0.4 is 0 Å². The van der Waals surface area contributed by atoms with Crippen molar-refractivity contribution in [1.29, 1.82) is 0 Å². The second-order valence-corrected chi connectivity index (χ2v) is 5.07. The van der Waals surface area contributed by atoms with Crippen molar-refractivity contribution >= 4 is 5.78 Å². The first-order valence-electron chi connectivity index (χ1n) is 5.68. The number of rotatable bonds is 2. The number of carbonyl (C=O) groups is 1. The van der Waals surface area contributed by atoms with Crippen LogP contribution in [0.3, 0.4) is 0 Å². The van der Waals surface area contributed by atoms with Crippen LogP contribution in [0.25, 0.3) is 0 Å². The van der Waals surface area contributed by atoms with E-state index in [-0.39, 0.29) is 17.1 Å². The maximum Gasteiger partial charge on any atom is 0.134 e. The Balaban J connectivity index is 2.46. The van der Waals surface area contributed by atoms with Gasteiger partial charge in [0.2, 0.25) is 0 Å². The van der Waals surface area contributed by atoms with Crippen LogP contribution >= 0.6 is 0 Å². The molecule has 0 bridgehead atoms. The summed E-state index contributed by atoms with van der Waals surface area (Å²) < 4.78 is 5.55. The Labute approximate surface area is 96.3 Å². The Kier molecular flexibility index (Phi) is 2.53. The summed E-state index contributed by atoms with van der Waals surface area (Å²) in [5.74, 6) is 1.31. The molecule has 0 fully saturated rings. The van der Waals surface area contributed by atoms with Crippen LogP contribution in [0.5, 0.6) is 0 Å². The number of fused-ring (bicyclic) bond motifs is 1. The van der Waals surface area contributed by atoms with Gasteiger partial charge < -0.3 is 4.42 Å². The van der Waals surface area contributed by atoms with E-state index in [1.54, 1.807) is 13.2 Å². The molecule has 0 amide bonds. The van der Waals surface area contributed by atoms with Gasteiger partial charge in [-0.25, -0.2) is 0 Å². The molecule has 2 atom stereocenters. The molecule has 2 nitrogen and oxygen atoms in total. The molecule has 1 aliphatic rings. The highest BCUT2D eigenvalue weighted by atomic mass is 16.3. The Morgan fingerprint density at radius 2 is 2.38 bits per heavy atom. The quantitative estimate of drug-likeness (QED) is 0.714. The summed E-state index contributed by atoms with van der Waals surface area (Å²) in [6.45, 7) is 9.68. The van der Waals surface area contributed by atoms with Crippen molar-refractivity contribution in [2.75, 3.05) is 0 Å². The highest BCUT2D eigenvalue weighted by Gasteiger charge is 2.41. The first-order valence-corrected chi connectivity index (χ1v) is 5.68. The van der Waals surface area contributed by atoms with E-state index in [4.69, 9.17) is 4.42 Å². The van der Waals surface area contributed by atoms with E-state index in [1.165, 1.54) is 5.56 Å². The molecule has 0 aliphatic heterocycles. The molecule has 2 rings (SSSR count). The highest BCUT2D eigenvalue weighted by Crippen LogP contribution is 2.42. The minimum atomic E-state index is -0.164. The number of allylic oxidation sites excluding steroid dienone is 1. The van der Waals surface area contributed by atoms with E-state index in [2.05, 4.69) is 13.5 Å². The Hall–Kier alpha value is -1.31. The fraction of sp³-hybridized carbons (Fsp3) is 0.500. The van der Waals surface area contributed by atoms with Gasteiger partial charge in [-0.2, -0.15) is 0 Å². The van der Waals surface area contributed by atoms with Crippen LogP contribution in [0.1, 0.15) is 30.7 Å². The molecule has 0 unspecified atom stereocenters. The lowest BCUT2D eigenvalue weighted by molar-refractivity contribution is -0.123. The lowest BCUT2D eigenvalue weighted by Crippen LogP contribution is -2.37. The summed E-state index contributed by atoms with van der Waals surface area (Å²) >= 11 is 0. The van der Waals surface area contributed by atoms with Crippen LogP contribution in [0.15, 0.2) is 23.3 Å². The predicted molar refractivity (Wildman–Crippen MR) is 63.3 cm³/mol. The van der Waals surface area contributed by atoms with Crippen molar-refractivity contribution in [3.05, 3.63) is 35.8 Å². The van der Waals surface area contributed by atoms with Gasteiger partial charge in [0.15, 0.2) is 0 Å². The Morgan fingerprint density at radius 3 is 2.94 bits per heavy atom. The first-order chi connectivity index (χ1) is 7.48. The zero-order chi connectivity index (χ0) is 11.9. The third-order valence-electron chi connectivity index (χ3n) is 3.89. The summed E-state index contributed by atoms with van der Waals surface area (Å²) in [7, 11) is 0. The SMILES string of the molecule is C=C[C@]1(C)Cc2occ(C)c2C[C@H]1C(C)=O. The van der Waals surface area contributed by atoms with Crippen LogP contribution in [0.2, 0.25) is 0 Å². The van der Waals surface area contributed by atoms with Gasteiger partial charge in [0, 0.05) is 17.8 Å². The fourth-order valence-electron chi connectivity index (χ4n) is 2.67. The van der Waals surface area contributed by atoms with Crippen molar-refractivity contribution in [3.8, 4) is 0 Å². The third-order valence-corrected chi connectivity index (χ3v) is 3.89. The molecule has 16 heavy (non-hydrogen) atoms. The average molecular weight is 218 g/mol. The molecule has 0 radical (unpaired) electrons. The van der Waals surface area contributed by atoms with Crippen molar-refractivity contribution in [3.63, 3.8) is 0 Å². The first kappa shape index (κ1) is 11.2. The smallest absolute Gasteiger partial charge is 0.134 e. The second kappa shape index (κ2) is 3.62. The van der Waals surface area contributed by atoms with Gasteiger partial charge >= 0.3 is 0 Å². The Morgan fingerprint density at radius 1 is 1.69 bits per heavy atom. The molecule has 86 valence electrons. The number of furan rings is 1. The molecule has 0 aromatic carbocycles. The molecule has 1 aromatic heterocycles. The molecule has 0 saturated carbocycles. The van der Waals surface area contributed by atoms with Gasteiger partial charge in [0.1, 0.15) is 11.5 Å². The topological polar surface area (TPSA) is 30.2 Å². The van der Waals surface area contributed by atoms with Gasteiger partial charge in [-0.15, -0.1) is 6.58 Å². The van der Waals surface area contributed by atoms with Gasteiger partial charge in [0.05, 0.1) is 6.26 Å². The number of hydrogen-bond acceptors (Lipinski definition) is 2. The van der Waals surface area contributed by atoms with E-state index in [0.29, 0.717) is 0 Å².